The van der Waals surface area contributed by atoms with Crippen LogP contribution >= 0.6 is 35.0 Å². The number of nitrogens with one attached hydrogen (secondary N) is 1. The summed E-state index contributed by atoms with van der Waals surface area (Å²) < 4.78 is 4.86. The largest absolute Gasteiger partial charge is 0.465 e. The molecule has 2 rings (SSSR count). The SMILES string of the molecule is CCOC(=O)CSC1=C(C#N)[C@H](c2cccc(Cl)c2Cl)CC(=O)N1. The molecule has 0 fully saturated rings. The highest BCUT2D eigenvalue weighted by Crippen LogP contribution is 2.40. The molecule has 1 aromatic rings. The molecule has 1 amide bonds. The number of allylic oxidation sites excluding steroid dienone is 1. The molecule has 0 spiro atoms. The van der Waals surface area contributed by atoms with Crippen molar-refractivity contribution < 1.29 is 14.3 Å². The quantitative estimate of drug-likeness (QED) is 0.783. The molecule has 0 aromatic heterocycles. The van der Waals surface area contributed by atoms with E-state index in [0.717, 1.165) is 11.8 Å². The molecule has 8 heteroatoms. The first kappa shape index (κ1) is 18.7. The van der Waals surface area contributed by atoms with Crippen molar-refractivity contribution in [3.63, 3.8) is 0 Å². The van der Waals surface area contributed by atoms with Crippen LogP contribution in [-0.4, -0.2) is 24.2 Å². The summed E-state index contributed by atoms with van der Waals surface area (Å²) in [6.45, 7) is 1.98. The lowest BCUT2D eigenvalue weighted by molar-refractivity contribution is -0.139. The topological polar surface area (TPSA) is 79.2 Å². The Labute approximate surface area is 153 Å². The van der Waals surface area contributed by atoms with Gasteiger partial charge in [0.05, 0.1) is 39.1 Å². The first-order valence-electron chi connectivity index (χ1n) is 7.14. The minimum atomic E-state index is -0.500. The van der Waals surface area contributed by atoms with Gasteiger partial charge in [-0.25, -0.2) is 0 Å². The third-order valence-corrected chi connectivity index (χ3v) is 5.18. The van der Waals surface area contributed by atoms with Gasteiger partial charge in [0.25, 0.3) is 0 Å². The van der Waals surface area contributed by atoms with Gasteiger partial charge in [0.1, 0.15) is 0 Å². The fraction of sp³-hybridized carbons (Fsp3) is 0.312. The molecule has 126 valence electrons. The molecule has 1 atom stereocenters. The molecule has 1 aliphatic heterocycles. The Bertz CT molecular complexity index is 743. The molecule has 1 aliphatic rings. The van der Waals surface area contributed by atoms with Gasteiger partial charge < -0.3 is 10.1 Å². The van der Waals surface area contributed by atoms with Crippen LogP contribution in [0.4, 0.5) is 0 Å². The first-order chi connectivity index (χ1) is 11.5. The van der Waals surface area contributed by atoms with Crippen molar-refractivity contribution in [2.24, 2.45) is 0 Å². The second kappa shape index (κ2) is 8.43. The number of esters is 1. The number of amides is 1. The Hall–Kier alpha value is -1.68. The van der Waals surface area contributed by atoms with Crippen LogP contribution in [0.15, 0.2) is 28.8 Å². The zero-order chi connectivity index (χ0) is 17.7. The van der Waals surface area contributed by atoms with Crippen LogP contribution in [0.3, 0.4) is 0 Å². The molecule has 1 N–H and O–H groups in total. The van der Waals surface area contributed by atoms with Crippen LogP contribution in [0, 0.1) is 11.3 Å². The second-order valence-electron chi connectivity index (χ2n) is 4.90. The van der Waals surface area contributed by atoms with Crippen molar-refractivity contribution in [2.45, 2.75) is 19.3 Å². The lowest BCUT2D eigenvalue weighted by atomic mass is 9.87. The summed E-state index contributed by atoms with van der Waals surface area (Å²) in [5.41, 5.74) is 0.970. The molecule has 0 saturated carbocycles. The standard InChI is InChI=1S/C16H14Cl2N2O3S/c1-2-23-14(22)8-24-16-11(7-19)10(6-13(21)20-16)9-4-3-5-12(17)15(9)18/h3-5,10H,2,6,8H2,1H3,(H,20,21)/t10-/m0/s1. The van der Waals surface area contributed by atoms with Crippen molar-refractivity contribution in [1.82, 2.24) is 5.32 Å². The average Bonchev–Trinajstić information content (AvgIpc) is 2.55. The number of carbonyl (C=O) groups excluding carboxylic acids is 2. The van der Waals surface area contributed by atoms with Gasteiger partial charge in [-0.3, -0.25) is 9.59 Å². The van der Waals surface area contributed by atoms with E-state index in [0.29, 0.717) is 26.2 Å². The summed E-state index contributed by atoms with van der Waals surface area (Å²) in [4.78, 5) is 23.5. The number of nitrogens with zero attached hydrogens (tertiary/aromatic N) is 1. The number of ether oxygens (including phenoxy) is 1. The summed E-state index contributed by atoms with van der Waals surface area (Å²) in [7, 11) is 0. The zero-order valence-corrected chi connectivity index (χ0v) is 15.1. The molecule has 0 unspecified atom stereocenters. The van der Waals surface area contributed by atoms with Gasteiger partial charge in [-0.1, -0.05) is 47.1 Å². The maximum Gasteiger partial charge on any atom is 0.316 e. The van der Waals surface area contributed by atoms with E-state index in [4.69, 9.17) is 27.9 Å². The fourth-order valence-corrected chi connectivity index (χ4v) is 3.64. The number of thioether (sulfide) groups is 1. The molecule has 5 nitrogen and oxygen atoms in total. The van der Waals surface area contributed by atoms with Gasteiger partial charge in [-0.2, -0.15) is 5.26 Å². The van der Waals surface area contributed by atoms with Crippen molar-refractivity contribution in [1.29, 1.82) is 5.26 Å². The predicted octanol–water partition coefficient (Wildman–Crippen LogP) is 3.63. The number of rotatable bonds is 5. The van der Waals surface area contributed by atoms with E-state index in [1.165, 1.54) is 0 Å². The van der Waals surface area contributed by atoms with Gasteiger partial charge in [0.2, 0.25) is 5.91 Å². The highest BCUT2D eigenvalue weighted by Gasteiger charge is 2.31. The van der Waals surface area contributed by atoms with Crippen LogP contribution in [-0.2, 0) is 14.3 Å². The molecule has 0 radical (unpaired) electrons. The zero-order valence-electron chi connectivity index (χ0n) is 12.8. The average molecular weight is 385 g/mol. The summed E-state index contributed by atoms with van der Waals surface area (Å²) >= 11 is 13.3. The maximum absolute atomic E-state index is 12.0. The number of halogens is 2. The van der Waals surface area contributed by atoms with E-state index < -0.39 is 11.9 Å². The Balaban J connectivity index is 2.35. The minimum Gasteiger partial charge on any atom is -0.465 e. The highest BCUT2D eigenvalue weighted by molar-refractivity contribution is 8.03. The molecular formula is C16H14Cl2N2O3S. The highest BCUT2D eigenvalue weighted by atomic mass is 35.5. The smallest absolute Gasteiger partial charge is 0.316 e. The Morgan fingerprint density at radius 3 is 2.92 bits per heavy atom. The van der Waals surface area contributed by atoms with Crippen LogP contribution in [0.5, 0.6) is 0 Å². The minimum absolute atomic E-state index is 0.00459. The van der Waals surface area contributed by atoms with Crippen molar-refractivity contribution in [2.75, 3.05) is 12.4 Å². The number of nitriles is 1. The summed E-state index contributed by atoms with van der Waals surface area (Å²) in [5.74, 6) is -1.16. The predicted molar refractivity (Wildman–Crippen MR) is 93.7 cm³/mol. The van der Waals surface area contributed by atoms with Crippen molar-refractivity contribution >= 4 is 46.8 Å². The second-order valence-corrected chi connectivity index (χ2v) is 6.67. The van der Waals surface area contributed by atoms with E-state index in [1.807, 2.05) is 0 Å². The van der Waals surface area contributed by atoms with Crippen LogP contribution in [0.2, 0.25) is 10.0 Å². The monoisotopic (exact) mass is 384 g/mol. The van der Waals surface area contributed by atoms with Gasteiger partial charge in [0.15, 0.2) is 0 Å². The third-order valence-electron chi connectivity index (χ3n) is 3.35. The van der Waals surface area contributed by atoms with Gasteiger partial charge in [-0.15, -0.1) is 0 Å². The van der Waals surface area contributed by atoms with E-state index in [9.17, 15) is 14.9 Å². The van der Waals surface area contributed by atoms with Crippen molar-refractivity contribution in [3.05, 3.63) is 44.4 Å². The first-order valence-corrected chi connectivity index (χ1v) is 8.88. The number of carbonyl (C=O) groups is 2. The fourth-order valence-electron chi connectivity index (χ4n) is 2.32. The summed E-state index contributed by atoms with van der Waals surface area (Å²) in [5, 5.41) is 13.2. The third kappa shape index (κ3) is 4.23. The van der Waals surface area contributed by atoms with E-state index in [-0.39, 0.29) is 24.7 Å². The molecule has 0 bridgehead atoms. The van der Waals surface area contributed by atoms with Gasteiger partial charge in [-0.05, 0) is 18.6 Å². The van der Waals surface area contributed by atoms with Crippen LogP contribution in [0.1, 0.15) is 24.8 Å². The van der Waals surface area contributed by atoms with Crippen LogP contribution in [0.25, 0.3) is 0 Å². The van der Waals surface area contributed by atoms with Gasteiger partial charge in [0, 0.05) is 12.3 Å². The number of benzene rings is 1. The van der Waals surface area contributed by atoms with Crippen molar-refractivity contribution in [3.8, 4) is 6.07 Å². The van der Waals surface area contributed by atoms with E-state index in [2.05, 4.69) is 11.4 Å². The Morgan fingerprint density at radius 1 is 1.50 bits per heavy atom. The molecule has 24 heavy (non-hydrogen) atoms. The molecule has 1 aromatic carbocycles. The summed E-state index contributed by atoms with van der Waals surface area (Å²) in [6.07, 6.45) is 0.0897. The Kier molecular flexibility index (Phi) is 6.55. The number of hydrogen-bond acceptors (Lipinski definition) is 5. The number of hydrogen-bond donors (Lipinski definition) is 1. The van der Waals surface area contributed by atoms with E-state index >= 15 is 0 Å². The summed E-state index contributed by atoms with van der Waals surface area (Å²) in [6, 6.07) is 7.21. The Morgan fingerprint density at radius 2 is 2.25 bits per heavy atom. The molecule has 0 aliphatic carbocycles. The molecular weight excluding hydrogens is 371 g/mol. The maximum atomic E-state index is 12.0. The lowest BCUT2D eigenvalue weighted by Gasteiger charge is -2.25. The van der Waals surface area contributed by atoms with Gasteiger partial charge >= 0.3 is 5.97 Å². The van der Waals surface area contributed by atoms with Crippen LogP contribution < -0.4 is 5.32 Å². The van der Waals surface area contributed by atoms with E-state index in [1.54, 1.807) is 25.1 Å². The molecule has 0 saturated heterocycles. The molecule has 1 heterocycles. The normalized spacial score (nSPS) is 17.2. The lowest BCUT2D eigenvalue weighted by Crippen LogP contribution is -2.31.